The number of amides is 1. The molecular formula is C26H27N5O2. The molecule has 33 heavy (non-hydrogen) atoms. The predicted octanol–water partition coefficient (Wildman–Crippen LogP) is 4.74. The maximum absolute atomic E-state index is 12.6. The molecule has 1 atom stereocenters. The molecule has 5 rings (SSSR count). The standard InChI is InChI=1S/C26H27N5O2/c1-16(18-6-8-24(33-3)22(10-18)17-4-5-17)30-25(32)9-7-19-12-27-26-23(19)11-20(13-28-26)21-14-29-31(2)15-21/h6-17H,4-5H2,1-3H3,(H,27,28)(H,30,32)/b9-7+. The number of nitrogens with one attached hydrogen (secondary N) is 2. The van der Waals surface area contributed by atoms with E-state index >= 15 is 0 Å². The molecule has 0 aliphatic heterocycles. The van der Waals surface area contributed by atoms with Crippen molar-refractivity contribution in [3.63, 3.8) is 0 Å². The zero-order chi connectivity index (χ0) is 22.9. The number of hydrogen-bond acceptors (Lipinski definition) is 4. The molecule has 3 aromatic heterocycles. The Labute approximate surface area is 192 Å². The second-order valence-electron chi connectivity index (χ2n) is 8.61. The summed E-state index contributed by atoms with van der Waals surface area (Å²) >= 11 is 0. The van der Waals surface area contributed by atoms with Crippen LogP contribution in [-0.2, 0) is 11.8 Å². The first-order valence-electron chi connectivity index (χ1n) is 11.1. The van der Waals surface area contributed by atoms with Crippen LogP contribution in [0.2, 0.25) is 0 Å². The molecule has 1 amide bonds. The van der Waals surface area contributed by atoms with Crippen LogP contribution in [0.15, 0.2) is 55.1 Å². The fourth-order valence-corrected chi connectivity index (χ4v) is 4.14. The largest absolute Gasteiger partial charge is 0.496 e. The van der Waals surface area contributed by atoms with Gasteiger partial charge in [0.1, 0.15) is 11.4 Å². The van der Waals surface area contributed by atoms with Crippen LogP contribution in [0.4, 0.5) is 0 Å². The van der Waals surface area contributed by atoms with Crippen molar-refractivity contribution in [2.24, 2.45) is 7.05 Å². The summed E-state index contributed by atoms with van der Waals surface area (Å²) in [6.45, 7) is 2.00. The highest BCUT2D eigenvalue weighted by molar-refractivity contribution is 5.96. The van der Waals surface area contributed by atoms with E-state index in [9.17, 15) is 4.79 Å². The summed E-state index contributed by atoms with van der Waals surface area (Å²) in [4.78, 5) is 20.3. The van der Waals surface area contributed by atoms with Crippen molar-refractivity contribution in [2.75, 3.05) is 7.11 Å². The molecule has 1 fully saturated rings. The van der Waals surface area contributed by atoms with Crippen LogP contribution >= 0.6 is 0 Å². The van der Waals surface area contributed by atoms with Gasteiger partial charge in [0.15, 0.2) is 0 Å². The average molecular weight is 442 g/mol. The third kappa shape index (κ3) is 4.39. The van der Waals surface area contributed by atoms with Crippen LogP contribution < -0.4 is 10.1 Å². The quantitative estimate of drug-likeness (QED) is 0.406. The molecule has 4 aromatic rings. The second kappa shape index (κ2) is 8.58. The number of hydrogen-bond donors (Lipinski definition) is 2. The third-order valence-electron chi connectivity index (χ3n) is 6.15. The van der Waals surface area contributed by atoms with Crippen LogP contribution in [0, 0.1) is 0 Å². The van der Waals surface area contributed by atoms with E-state index in [0.29, 0.717) is 5.92 Å². The van der Waals surface area contributed by atoms with E-state index in [1.165, 1.54) is 18.4 Å². The highest BCUT2D eigenvalue weighted by Crippen LogP contribution is 2.45. The predicted molar refractivity (Wildman–Crippen MR) is 129 cm³/mol. The van der Waals surface area contributed by atoms with Crippen molar-refractivity contribution in [3.8, 4) is 16.9 Å². The number of aryl methyl sites for hydroxylation is 1. The van der Waals surface area contributed by atoms with Crippen molar-refractivity contribution in [1.82, 2.24) is 25.1 Å². The van der Waals surface area contributed by atoms with Gasteiger partial charge in [-0.05, 0) is 61.1 Å². The molecule has 1 saturated carbocycles. The Morgan fingerprint density at radius 3 is 2.85 bits per heavy atom. The van der Waals surface area contributed by atoms with Crippen LogP contribution in [-0.4, -0.2) is 32.8 Å². The lowest BCUT2D eigenvalue weighted by molar-refractivity contribution is -0.117. The summed E-state index contributed by atoms with van der Waals surface area (Å²) in [5.74, 6) is 1.37. The SMILES string of the molecule is COc1ccc(C(C)NC(=O)/C=C/c2c[nH]c3ncc(-c4cnn(C)c4)cc23)cc1C1CC1. The number of methoxy groups -OCH3 is 1. The first kappa shape index (κ1) is 21.0. The topological polar surface area (TPSA) is 84.8 Å². The van der Waals surface area contributed by atoms with Crippen LogP contribution in [0.25, 0.3) is 28.2 Å². The first-order chi connectivity index (χ1) is 16.0. The molecule has 3 heterocycles. The summed E-state index contributed by atoms with van der Waals surface area (Å²) in [6.07, 6.45) is 13.2. The fraction of sp³-hybridized carbons (Fsp3) is 0.269. The van der Waals surface area contributed by atoms with Crippen molar-refractivity contribution < 1.29 is 9.53 Å². The van der Waals surface area contributed by atoms with E-state index in [-0.39, 0.29) is 11.9 Å². The Hall–Kier alpha value is -3.87. The smallest absolute Gasteiger partial charge is 0.244 e. The average Bonchev–Trinajstić information content (AvgIpc) is 3.46. The maximum Gasteiger partial charge on any atom is 0.244 e. The normalized spacial score (nSPS) is 14.6. The minimum absolute atomic E-state index is 0.104. The lowest BCUT2D eigenvalue weighted by Crippen LogP contribution is -2.24. The lowest BCUT2D eigenvalue weighted by Gasteiger charge is -2.16. The summed E-state index contributed by atoms with van der Waals surface area (Å²) in [7, 11) is 3.59. The molecular weight excluding hydrogens is 414 g/mol. The summed E-state index contributed by atoms with van der Waals surface area (Å²) in [6, 6.07) is 8.14. The highest BCUT2D eigenvalue weighted by atomic mass is 16.5. The van der Waals surface area contributed by atoms with E-state index in [2.05, 4.69) is 32.5 Å². The molecule has 0 saturated heterocycles. The fourth-order valence-electron chi connectivity index (χ4n) is 4.14. The van der Waals surface area contributed by atoms with Crippen LogP contribution in [0.3, 0.4) is 0 Å². The Kier molecular flexibility index (Phi) is 5.46. The van der Waals surface area contributed by atoms with Crippen molar-refractivity contribution in [1.29, 1.82) is 0 Å². The number of carbonyl (C=O) groups is 1. The van der Waals surface area contributed by atoms with E-state index in [0.717, 1.165) is 39.0 Å². The molecule has 1 aromatic carbocycles. The van der Waals surface area contributed by atoms with Gasteiger partial charge in [0.2, 0.25) is 5.91 Å². The number of H-pyrrole nitrogens is 1. The molecule has 0 radical (unpaired) electrons. The second-order valence-corrected chi connectivity index (χ2v) is 8.61. The number of aromatic nitrogens is 4. The molecule has 1 unspecified atom stereocenters. The number of benzene rings is 1. The number of fused-ring (bicyclic) bond motifs is 1. The number of carbonyl (C=O) groups excluding carboxylic acids is 1. The van der Waals surface area contributed by atoms with E-state index in [1.807, 2.05) is 57.0 Å². The van der Waals surface area contributed by atoms with Crippen LogP contribution in [0.1, 0.15) is 48.4 Å². The van der Waals surface area contributed by atoms with Gasteiger partial charge in [-0.3, -0.25) is 9.48 Å². The zero-order valence-electron chi connectivity index (χ0n) is 19.0. The van der Waals surface area contributed by atoms with Gasteiger partial charge in [-0.25, -0.2) is 4.98 Å². The van der Waals surface area contributed by atoms with Crippen LogP contribution in [0.5, 0.6) is 5.75 Å². The molecule has 7 nitrogen and oxygen atoms in total. The number of pyridine rings is 1. The van der Waals surface area contributed by atoms with E-state index < -0.39 is 0 Å². The molecule has 0 bridgehead atoms. The first-order valence-corrected chi connectivity index (χ1v) is 11.1. The number of nitrogens with zero attached hydrogens (tertiary/aromatic N) is 3. The van der Waals surface area contributed by atoms with Gasteiger partial charge in [0.25, 0.3) is 0 Å². The summed E-state index contributed by atoms with van der Waals surface area (Å²) in [5, 5.41) is 8.25. The summed E-state index contributed by atoms with van der Waals surface area (Å²) < 4.78 is 7.27. The van der Waals surface area contributed by atoms with Gasteiger partial charge in [0.05, 0.1) is 19.3 Å². The van der Waals surface area contributed by atoms with Gasteiger partial charge < -0.3 is 15.0 Å². The van der Waals surface area contributed by atoms with Crippen molar-refractivity contribution in [2.45, 2.75) is 31.7 Å². The Morgan fingerprint density at radius 2 is 2.12 bits per heavy atom. The molecule has 1 aliphatic carbocycles. The Balaban J connectivity index is 1.31. The van der Waals surface area contributed by atoms with E-state index in [1.54, 1.807) is 17.9 Å². The number of rotatable bonds is 7. The van der Waals surface area contributed by atoms with Crippen molar-refractivity contribution >= 4 is 23.0 Å². The zero-order valence-corrected chi connectivity index (χ0v) is 19.0. The Bertz CT molecular complexity index is 1350. The van der Waals surface area contributed by atoms with Gasteiger partial charge in [-0.2, -0.15) is 5.10 Å². The minimum atomic E-state index is -0.142. The summed E-state index contributed by atoms with van der Waals surface area (Å²) in [5.41, 5.74) is 5.99. The van der Waals surface area contributed by atoms with Gasteiger partial charge in [-0.1, -0.05) is 6.07 Å². The number of aromatic amines is 1. The monoisotopic (exact) mass is 441 g/mol. The Morgan fingerprint density at radius 1 is 1.27 bits per heavy atom. The van der Waals surface area contributed by atoms with Gasteiger partial charge in [0, 0.05) is 53.8 Å². The molecule has 168 valence electrons. The highest BCUT2D eigenvalue weighted by Gasteiger charge is 2.27. The molecule has 7 heteroatoms. The molecule has 0 spiro atoms. The van der Waals surface area contributed by atoms with Gasteiger partial charge >= 0.3 is 0 Å². The van der Waals surface area contributed by atoms with Gasteiger partial charge in [-0.15, -0.1) is 0 Å². The third-order valence-corrected chi connectivity index (χ3v) is 6.15. The molecule has 1 aliphatic rings. The van der Waals surface area contributed by atoms with E-state index in [4.69, 9.17) is 4.74 Å². The minimum Gasteiger partial charge on any atom is -0.496 e. The lowest BCUT2D eigenvalue weighted by atomic mass is 10.0. The molecule has 2 N–H and O–H groups in total. The number of ether oxygens (including phenoxy) is 1. The van der Waals surface area contributed by atoms with Crippen molar-refractivity contribution in [3.05, 3.63) is 71.8 Å². The maximum atomic E-state index is 12.6.